The number of hydrogen-bond acceptors (Lipinski definition) is 6. The SMILES string of the molecule is CC(=O)CCc1cc2c(c([N+](=O)[O-])c1)CC[C@@H](C)N2C(=O)c1ccc([N+](=O)[O-])cc1. The molecule has 3 rings (SSSR count). The first-order chi connectivity index (χ1) is 14.2. The highest BCUT2D eigenvalue weighted by Gasteiger charge is 2.34. The Balaban J connectivity index is 2.06. The van der Waals surface area contributed by atoms with Crippen molar-refractivity contribution in [2.24, 2.45) is 0 Å². The highest BCUT2D eigenvalue weighted by Crippen LogP contribution is 2.39. The lowest BCUT2D eigenvalue weighted by molar-refractivity contribution is -0.385. The van der Waals surface area contributed by atoms with Gasteiger partial charge in [-0.3, -0.25) is 25.0 Å². The summed E-state index contributed by atoms with van der Waals surface area (Å²) in [5.41, 5.74) is 1.65. The summed E-state index contributed by atoms with van der Waals surface area (Å²) in [6.45, 7) is 3.32. The summed E-state index contributed by atoms with van der Waals surface area (Å²) in [5, 5.41) is 22.5. The molecule has 0 unspecified atom stereocenters. The van der Waals surface area contributed by atoms with E-state index in [1.165, 1.54) is 42.2 Å². The van der Waals surface area contributed by atoms with Crippen LogP contribution < -0.4 is 4.90 Å². The third-order valence-corrected chi connectivity index (χ3v) is 5.28. The lowest BCUT2D eigenvalue weighted by atomic mass is 9.91. The molecule has 9 heteroatoms. The molecule has 0 saturated heterocycles. The fourth-order valence-electron chi connectivity index (χ4n) is 3.69. The molecule has 1 aliphatic heterocycles. The van der Waals surface area contributed by atoms with Gasteiger partial charge in [0.1, 0.15) is 5.78 Å². The Hall–Kier alpha value is -3.62. The first-order valence-electron chi connectivity index (χ1n) is 9.56. The van der Waals surface area contributed by atoms with E-state index in [0.717, 1.165) is 0 Å². The summed E-state index contributed by atoms with van der Waals surface area (Å²) in [5.74, 6) is -0.404. The average Bonchev–Trinajstić information content (AvgIpc) is 2.71. The molecular formula is C21H21N3O6. The molecule has 0 fully saturated rings. The maximum absolute atomic E-state index is 13.2. The molecule has 1 heterocycles. The standard InChI is InChI=1S/C21H21N3O6/c1-13-3-10-18-19(11-15(5-4-14(2)25)12-20(18)24(29)30)22(13)21(26)16-6-8-17(9-7-16)23(27)28/h6-9,11-13H,3-5,10H2,1-2H3/t13-/m1/s1. The maximum Gasteiger partial charge on any atom is 0.274 e. The van der Waals surface area contributed by atoms with Gasteiger partial charge in [0.15, 0.2) is 0 Å². The van der Waals surface area contributed by atoms with E-state index >= 15 is 0 Å². The van der Waals surface area contributed by atoms with Gasteiger partial charge in [-0.2, -0.15) is 0 Å². The van der Waals surface area contributed by atoms with Gasteiger partial charge in [-0.15, -0.1) is 0 Å². The first kappa shape index (κ1) is 21.1. The molecule has 1 aliphatic rings. The smallest absolute Gasteiger partial charge is 0.274 e. The highest BCUT2D eigenvalue weighted by molar-refractivity contribution is 6.07. The molecule has 0 aromatic heterocycles. The number of nitro benzene ring substituents is 2. The molecule has 0 N–H and O–H groups in total. The molecule has 2 aromatic carbocycles. The van der Waals surface area contributed by atoms with Crippen molar-refractivity contribution < 1.29 is 19.4 Å². The number of amides is 1. The van der Waals surface area contributed by atoms with Gasteiger partial charge in [-0.1, -0.05) is 0 Å². The molecule has 0 saturated carbocycles. The number of anilines is 1. The molecule has 9 nitrogen and oxygen atoms in total. The summed E-state index contributed by atoms with van der Waals surface area (Å²) in [4.78, 5) is 47.7. The second-order valence-corrected chi connectivity index (χ2v) is 7.44. The Labute approximate surface area is 172 Å². The van der Waals surface area contributed by atoms with Crippen molar-refractivity contribution in [3.63, 3.8) is 0 Å². The zero-order valence-electron chi connectivity index (χ0n) is 16.7. The predicted octanol–water partition coefficient (Wildman–Crippen LogP) is 4.01. The Morgan fingerprint density at radius 2 is 1.77 bits per heavy atom. The largest absolute Gasteiger partial charge is 0.305 e. The van der Waals surface area contributed by atoms with Crippen molar-refractivity contribution in [2.45, 2.75) is 45.6 Å². The number of ketones is 1. The van der Waals surface area contributed by atoms with Gasteiger partial charge in [0.05, 0.1) is 21.1 Å². The number of carbonyl (C=O) groups excluding carboxylic acids is 2. The monoisotopic (exact) mass is 411 g/mol. The minimum Gasteiger partial charge on any atom is -0.305 e. The fourth-order valence-corrected chi connectivity index (χ4v) is 3.69. The Morgan fingerprint density at radius 3 is 2.33 bits per heavy atom. The minimum atomic E-state index is -0.544. The van der Waals surface area contributed by atoms with Crippen LogP contribution in [0.4, 0.5) is 17.1 Å². The molecule has 156 valence electrons. The molecule has 0 bridgehead atoms. The fraction of sp³-hybridized carbons (Fsp3) is 0.333. The highest BCUT2D eigenvalue weighted by atomic mass is 16.6. The van der Waals surface area contributed by atoms with E-state index in [4.69, 9.17) is 0 Å². The topological polar surface area (TPSA) is 124 Å². The molecular weight excluding hydrogens is 390 g/mol. The van der Waals surface area contributed by atoms with Gasteiger partial charge in [-0.25, -0.2) is 0 Å². The summed E-state index contributed by atoms with van der Waals surface area (Å²) < 4.78 is 0. The number of fused-ring (bicyclic) bond motifs is 1. The molecule has 1 amide bonds. The summed E-state index contributed by atoms with van der Waals surface area (Å²) in [7, 11) is 0. The van der Waals surface area contributed by atoms with E-state index in [-0.39, 0.29) is 41.1 Å². The van der Waals surface area contributed by atoms with Crippen LogP contribution in [0.1, 0.15) is 48.2 Å². The zero-order valence-corrected chi connectivity index (χ0v) is 16.7. The lowest BCUT2D eigenvalue weighted by Crippen LogP contribution is -2.42. The van der Waals surface area contributed by atoms with Crippen molar-refractivity contribution in [1.82, 2.24) is 0 Å². The van der Waals surface area contributed by atoms with E-state index in [2.05, 4.69) is 0 Å². The maximum atomic E-state index is 13.2. The predicted molar refractivity (Wildman–Crippen MR) is 110 cm³/mol. The van der Waals surface area contributed by atoms with Gasteiger partial charge >= 0.3 is 0 Å². The summed E-state index contributed by atoms with van der Waals surface area (Å²) >= 11 is 0. The Kier molecular flexibility index (Phi) is 5.91. The van der Waals surface area contributed by atoms with Crippen LogP contribution in [0.5, 0.6) is 0 Å². The van der Waals surface area contributed by atoms with E-state index in [1.807, 2.05) is 6.92 Å². The number of nitrogens with zero attached hydrogens (tertiary/aromatic N) is 3. The van der Waals surface area contributed by atoms with Crippen LogP contribution in [0.3, 0.4) is 0 Å². The van der Waals surface area contributed by atoms with Crippen LogP contribution in [0, 0.1) is 20.2 Å². The van der Waals surface area contributed by atoms with Gasteiger partial charge in [0.2, 0.25) is 0 Å². The summed E-state index contributed by atoms with van der Waals surface area (Å²) in [6.07, 6.45) is 1.61. The molecule has 0 aliphatic carbocycles. The minimum absolute atomic E-state index is 0.0254. The van der Waals surface area contributed by atoms with Crippen LogP contribution in [0.15, 0.2) is 36.4 Å². The normalized spacial score (nSPS) is 15.4. The second kappa shape index (κ2) is 8.40. The molecule has 0 radical (unpaired) electrons. The summed E-state index contributed by atoms with van der Waals surface area (Å²) in [6, 6.07) is 8.30. The Bertz CT molecular complexity index is 1030. The zero-order chi connectivity index (χ0) is 22.0. The number of non-ortho nitro benzene ring substituents is 1. The van der Waals surface area contributed by atoms with Crippen LogP contribution in [0.25, 0.3) is 0 Å². The van der Waals surface area contributed by atoms with E-state index in [1.54, 1.807) is 6.07 Å². The van der Waals surface area contributed by atoms with Gasteiger partial charge in [0, 0.05) is 36.2 Å². The van der Waals surface area contributed by atoms with E-state index in [9.17, 15) is 29.8 Å². The van der Waals surface area contributed by atoms with Gasteiger partial charge < -0.3 is 9.69 Å². The van der Waals surface area contributed by atoms with Crippen LogP contribution in [-0.4, -0.2) is 27.6 Å². The number of rotatable bonds is 6. The van der Waals surface area contributed by atoms with Crippen molar-refractivity contribution in [1.29, 1.82) is 0 Å². The van der Waals surface area contributed by atoms with Crippen LogP contribution in [0.2, 0.25) is 0 Å². The number of nitro groups is 2. The lowest BCUT2D eigenvalue weighted by Gasteiger charge is -2.35. The van der Waals surface area contributed by atoms with Crippen molar-refractivity contribution in [3.8, 4) is 0 Å². The Morgan fingerprint density at radius 1 is 1.10 bits per heavy atom. The van der Waals surface area contributed by atoms with Crippen LogP contribution in [-0.2, 0) is 17.6 Å². The van der Waals surface area contributed by atoms with E-state index < -0.39 is 9.85 Å². The van der Waals surface area contributed by atoms with Gasteiger partial charge in [-0.05, 0) is 56.9 Å². The third-order valence-electron chi connectivity index (χ3n) is 5.28. The average molecular weight is 411 g/mol. The number of benzene rings is 2. The second-order valence-electron chi connectivity index (χ2n) is 7.44. The van der Waals surface area contributed by atoms with Crippen molar-refractivity contribution in [2.75, 3.05) is 4.90 Å². The van der Waals surface area contributed by atoms with Gasteiger partial charge in [0.25, 0.3) is 17.3 Å². The van der Waals surface area contributed by atoms with Crippen molar-refractivity contribution >= 4 is 28.8 Å². The van der Waals surface area contributed by atoms with Crippen molar-refractivity contribution in [3.05, 3.63) is 73.3 Å². The van der Waals surface area contributed by atoms with Crippen LogP contribution >= 0.6 is 0 Å². The molecule has 1 atom stereocenters. The molecule has 30 heavy (non-hydrogen) atoms. The quantitative estimate of drug-likeness (QED) is 0.523. The molecule has 2 aromatic rings. The third kappa shape index (κ3) is 4.19. The number of carbonyl (C=O) groups is 2. The molecule has 0 spiro atoms. The number of hydrogen-bond donors (Lipinski definition) is 0. The van der Waals surface area contributed by atoms with E-state index in [0.29, 0.717) is 36.1 Å². The first-order valence-corrected chi connectivity index (χ1v) is 9.56. The number of Topliss-reactive ketones (excluding diaryl/α,β-unsaturated/α-hetero) is 1. The number of aryl methyl sites for hydroxylation is 1.